The normalized spacial score (nSPS) is 15.3. The first-order chi connectivity index (χ1) is 14.5. The predicted octanol–water partition coefficient (Wildman–Crippen LogP) is 2.07. The third-order valence-corrected chi connectivity index (χ3v) is 4.60. The van der Waals surface area contributed by atoms with E-state index in [4.69, 9.17) is 11.6 Å². The lowest BCUT2D eigenvalue weighted by Gasteiger charge is -2.09. The van der Waals surface area contributed by atoms with Crippen LogP contribution >= 0.6 is 11.6 Å². The molecule has 0 saturated carbocycles. The van der Waals surface area contributed by atoms with E-state index in [1.54, 1.807) is 36.4 Å². The number of aliphatic imine (C=N–C) groups is 1. The second-order valence-corrected chi connectivity index (χ2v) is 6.74. The lowest BCUT2D eigenvalue weighted by molar-refractivity contribution is -0.142. The van der Waals surface area contributed by atoms with Crippen LogP contribution in [0.3, 0.4) is 0 Å². The molecule has 2 N–H and O–H groups in total. The molecule has 0 unspecified atom stereocenters. The Hall–Kier alpha value is -3.49. The number of hydrazine groups is 1. The number of hydrogen-bond acceptors (Lipinski definition) is 6. The van der Waals surface area contributed by atoms with Gasteiger partial charge in [-0.05, 0) is 30.2 Å². The number of likely N-dealkylation sites (N-methyl/N-ethyl adjacent to an activating group) is 1. The van der Waals surface area contributed by atoms with E-state index in [1.807, 2.05) is 18.2 Å². The van der Waals surface area contributed by atoms with Crippen molar-refractivity contribution in [1.82, 2.24) is 15.9 Å². The fourth-order valence-corrected chi connectivity index (χ4v) is 2.87. The van der Waals surface area contributed by atoms with E-state index in [-0.39, 0.29) is 18.0 Å². The molecule has 1 aliphatic heterocycles. The van der Waals surface area contributed by atoms with Crippen LogP contribution in [0.4, 0.5) is 0 Å². The molecule has 2 aromatic carbocycles. The summed E-state index contributed by atoms with van der Waals surface area (Å²) >= 11 is 6.13. The maximum atomic E-state index is 12.7. The van der Waals surface area contributed by atoms with Gasteiger partial charge in [0.05, 0.1) is 0 Å². The third-order valence-electron chi connectivity index (χ3n) is 4.23. The average molecular weight is 427 g/mol. The monoisotopic (exact) mass is 426 g/mol. The highest BCUT2D eigenvalue weighted by Crippen LogP contribution is 2.15. The Bertz CT molecular complexity index is 1020. The number of carbonyl (C=O) groups excluding carboxylic acids is 3. The maximum Gasteiger partial charge on any atom is 0.376 e. The SMILES string of the molecule is CN1NOC(=O)/C1=C/C(=NC(=O)c1ccccc1)C(=O)NCCc1ccccc1Cl. The van der Waals surface area contributed by atoms with Crippen molar-refractivity contribution < 1.29 is 19.2 Å². The summed E-state index contributed by atoms with van der Waals surface area (Å²) in [7, 11) is 1.53. The first-order valence-electron chi connectivity index (χ1n) is 9.07. The minimum absolute atomic E-state index is 0.0378. The number of benzene rings is 2. The second kappa shape index (κ2) is 9.82. The van der Waals surface area contributed by atoms with Gasteiger partial charge in [-0.1, -0.05) is 53.6 Å². The number of rotatable bonds is 6. The Morgan fingerprint density at radius 1 is 1.17 bits per heavy atom. The molecule has 1 saturated heterocycles. The summed E-state index contributed by atoms with van der Waals surface area (Å²) < 4.78 is 0. The molecule has 1 heterocycles. The molecule has 0 radical (unpaired) electrons. The zero-order chi connectivity index (χ0) is 21.5. The lowest BCUT2D eigenvalue weighted by Crippen LogP contribution is -2.33. The topological polar surface area (TPSA) is 100 Å². The van der Waals surface area contributed by atoms with Crippen molar-refractivity contribution in [1.29, 1.82) is 0 Å². The van der Waals surface area contributed by atoms with Crippen molar-refractivity contribution in [2.75, 3.05) is 13.6 Å². The minimum atomic E-state index is -0.693. The van der Waals surface area contributed by atoms with Gasteiger partial charge in [-0.25, -0.2) is 9.79 Å². The Morgan fingerprint density at radius 3 is 2.53 bits per heavy atom. The predicted molar refractivity (Wildman–Crippen MR) is 111 cm³/mol. The molecule has 2 amide bonds. The van der Waals surface area contributed by atoms with E-state index in [0.29, 0.717) is 17.0 Å². The molecule has 0 atom stereocenters. The summed E-state index contributed by atoms with van der Waals surface area (Å²) in [6.45, 7) is 0.267. The first-order valence-corrected chi connectivity index (χ1v) is 9.45. The number of hydrogen-bond donors (Lipinski definition) is 2. The van der Waals surface area contributed by atoms with Crippen LogP contribution in [0, 0.1) is 0 Å². The van der Waals surface area contributed by atoms with Gasteiger partial charge < -0.3 is 10.2 Å². The average Bonchev–Trinajstić information content (AvgIpc) is 3.07. The van der Waals surface area contributed by atoms with Crippen LogP contribution in [0.2, 0.25) is 5.02 Å². The van der Waals surface area contributed by atoms with Gasteiger partial charge in [-0.2, -0.15) is 0 Å². The van der Waals surface area contributed by atoms with E-state index in [0.717, 1.165) is 5.56 Å². The van der Waals surface area contributed by atoms with Gasteiger partial charge in [0.15, 0.2) is 0 Å². The fraction of sp³-hybridized carbons (Fsp3) is 0.143. The second-order valence-electron chi connectivity index (χ2n) is 6.33. The van der Waals surface area contributed by atoms with E-state index in [9.17, 15) is 14.4 Å². The minimum Gasteiger partial charge on any atom is -0.350 e. The summed E-state index contributed by atoms with van der Waals surface area (Å²) in [5, 5.41) is 4.58. The van der Waals surface area contributed by atoms with Crippen LogP contribution in [0.5, 0.6) is 0 Å². The summed E-state index contributed by atoms with van der Waals surface area (Å²) in [6.07, 6.45) is 1.69. The van der Waals surface area contributed by atoms with Gasteiger partial charge in [0.2, 0.25) is 0 Å². The molecule has 2 aromatic rings. The molecular weight excluding hydrogens is 408 g/mol. The van der Waals surface area contributed by atoms with Crippen molar-refractivity contribution in [2.45, 2.75) is 6.42 Å². The van der Waals surface area contributed by atoms with Crippen LogP contribution in [0.15, 0.2) is 71.4 Å². The Morgan fingerprint density at radius 2 is 1.87 bits per heavy atom. The van der Waals surface area contributed by atoms with Gasteiger partial charge in [0, 0.05) is 30.3 Å². The maximum absolute atomic E-state index is 12.7. The van der Waals surface area contributed by atoms with Crippen molar-refractivity contribution >= 4 is 35.1 Å². The first kappa shape index (κ1) is 21.2. The molecule has 9 heteroatoms. The smallest absolute Gasteiger partial charge is 0.350 e. The molecule has 30 heavy (non-hydrogen) atoms. The van der Waals surface area contributed by atoms with E-state index in [1.165, 1.54) is 18.1 Å². The number of nitrogens with zero attached hydrogens (tertiary/aromatic N) is 2. The fourth-order valence-electron chi connectivity index (χ4n) is 2.64. The Labute approximate surface area is 178 Å². The lowest BCUT2D eigenvalue weighted by atomic mass is 10.1. The molecular formula is C21H19ClN4O4. The number of halogens is 1. The van der Waals surface area contributed by atoms with E-state index >= 15 is 0 Å². The Kier molecular flexibility index (Phi) is 6.95. The molecule has 0 aromatic heterocycles. The number of carbonyl (C=O) groups is 3. The summed E-state index contributed by atoms with van der Waals surface area (Å²) in [4.78, 5) is 45.7. The summed E-state index contributed by atoms with van der Waals surface area (Å²) in [5.41, 5.74) is 3.36. The van der Waals surface area contributed by atoms with Crippen LogP contribution in [-0.2, 0) is 20.8 Å². The standard InChI is InChI=1S/C21H19ClN4O4/c1-26-18(21(29)30-25-26)13-17(24-19(27)15-8-3-2-4-9-15)20(28)23-12-11-14-7-5-6-10-16(14)22/h2-10,13,25H,11-12H2,1H3,(H,23,28)/b18-13-,24-17?. The van der Waals surface area contributed by atoms with Gasteiger partial charge >= 0.3 is 5.97 Å². The van der Waals surface area contributed by atoms with Crippen molar-refractivity contribution in [3.63, 3.8) is 0 Å². The van der Waals surface area contributed by atoms with Crippen LogP contribution in [-0.4, -0.2) is 42.1 Å². The zero-order valence-corrected chi connectivity index (χ0v) is 16.8. The highest BCUT2D eigenvalue weighted by atomic mass is 35.5. The Balaban J connectivity index is 1.79. The van der Waals surface area contributed by atoms with Crippen LogP contribution < -0.4 is 10.9 Å². The zero-order valence-electron chi connectivity index (χ0n) is 16.1. The highest BCUT2D eigenvalue weighted by molar-refractivity contribution is 6.45. The molecule has 8 nitrogen and oxygen atoms in total. The molecule has 154 valence electrons. The van der Waals surface area contributed by atoms with Crippen LogP contribution in [0.25, 0.3) is 0 Å². The number of nitrogens with one attached hydrogen (secondary N) is 2. The third kappa shape index (κ3) is 5.31. The highest BCUT2D eigenvalue weighted by Gasteiger charge is 2.26. The van der Waals surface area contributed by atoms with Crippen molar-refractivity contribution in [3.05, 3.63) is 82.5 Å². The van der Waals surface area contributed by atoms with Gasteiger partial charge in [-0.15, -0.1) is 0 Å². The van der Waals surface area contributed by atoms with Gasteiger partial charge in [0.25, 0.3) is 11.8 Å². The van der Waals surface area contributed by atoms with Gasteiger partial charge in [0.1, 0.15) is 11.4 Å². The van der Waals surface area contributed by atoms with Crippen molar-refractivity contribution in [3.8, 4) is 0 Å². The van der Waals surface area contributed by atoms with Crippen LogP contribution in [0.1, 0.15) is 15.9 Å². The molecule has 0 bridgehead atoms. The van der Waals surface area contributed by atoms with E-state index in [2.05, 4.69) is 20.7 Å². The quantitative estimate of drug-likeness (QED) is 0.542. The van der Waals surface area contributed by atoms with Crippen molar-refractivity contribution in [2.24, 2.45) is 4.99 Å². The largest absolute Gasteiger partial charge is 0.376 e. The summed E-state index contributed by atoms with van der Waals surface area (Å²) in [5.74, 6) is -1.90. The molecule has 0 aliphatic carbocycles. The molecule has 1 fully saturated rings. The number of amides is 2. The molecule has 1 aliphatic rings. The van der Waals surface area contributed by atoms with E-state index < -0.39 is 17.8 Å². The molecule has 3 rings (SSSR count). The molecule has 0 spiro atoms. The van der Waals surface area contributed by atoms with Gasteiger partial charge in [-0.3, -0.25) is 14.6 Å². The summed E-state index contributed by atoms with van der Waals surface area (Å²) in [6, 6.07) is 15.6.